The van der Waals surface area contributed by atoms with Gasteiger partial charge >= 0.3 is 0 Å². The van der Waals surface area contributed by atoms with Crippen LogP contribution in [0.5, 0.6) is 0 Å². The molecule has 2 aromatic rings. The molecule has 0 aliphatic carbocycles. The summed E-state index contributed by atoms with van der Waals surface area (Å²) in [6, 6.07) is 12.1. The lowest BCUT2D eigenvalue weighted by molar-refractivity contribution is 0.175. The summed E-state index contributed by atoms with van der Waals surface area (Å²) in [5.41, 5.74) is 2.79. The minimum absolute atomic E-state index is 0.280. The number of hydrogen-bond acceptors (Lipinski definition) is 1. The molecule has 1 unspecified atom stereocenters. The van der Waals surface area contributed by atoms with Crippen molar-refractivity contribution in [2.75, 3.05) is 0 Å². The van der Waals surface area contributed by atoms with E-state index in [-0.39, 0.29) is 5.82 Å². The predicted molar refractivity (Wildman–Crippen MR) is 76.0 cm³/mol. The summed E-state index contributed by atoms with van der Waals surface area (Å²) < 4.78 is 13.1. The van der Waals surface area contributed by atoms with Gasteiger partial charge in [-0.3, -0.25) is 0 Å². The Bertz CT molecular complexity index is 568. The van der Waals surface area contributed by atoms with Crippen LogP contribution in [0.25, 0.3) is 0 Å². The summed E-state index contributed by atoms with van der Waals surface area (Å²) in [5.74, 6) is -0.280. The van der Waals surface area contributed by atoms with E-state index in [4.69, 9.17) is 11.6 Å². The fraction of sp³-hybridized carbons (Fsp3) is 0.250. The first-order chi connectivity index (χ1) is 9.04. The van der Waals surface area contributed by atoms with Gasteiger partial charge in [-0.2, -0.15) is 0 Å². The minimum Gasteiger partial charge on any atom is -0.392 e. The van der Waals surface area contributed by atoms with Gasteiger partial charge in [0, 0.05) is 11.4 Å². The van der Waals surface area contributed by atoms with E-state index in [2.05, 4.69) is 0 Å². The number of rotatable bonds is 4. The third-order valence-electron chi connectivity index (χ3n) is 3.02. The van der Waals surface area contributed by atoms with Crippen LogP contribution >= 0.6 is 11.6 Å². The molecular formula is C16H16ClFO. The average molecular weight is 279 g/mol. The van der Waals surface area contributed by atoms with Crippen molar-refractivity contribution in [3.05, 3.63) is 70.0 Å². The third kappa shape index (κ3) is 4.05. The van der Waals surface area contributed by atoms with Crippen molar-refractivity contribution in [3.8, 4) is 0 Å². The highest BCUT2D eigenvalue weighted by atomic mass is 35.5. The summed E-state index contributed by atoms with van der Waals surface area (Å²) in [5, 5.41) is 10.7. The van der Waals surface area contributed by atoms with Gasteiger partial charge in [-0.05, 0) is 48.2 Å². The van der Waals surface area contributed by atoms with Gasteiger partial charge in [0.05, 0.1) is 6.10 Å². The van der Waals surface area contributed by atoms with Crippen LogP contribution in [0.15, 0.2) is 42.5 Å². The van der Waals surface area contributed by atoms with Crippen LogP contribution in [0.4, 0.5) is 4.39 Å². The van der Waals surface area contributed by atoms with E-state index in [1.54, 1.807) is 6.07 Å². The molecular weight excluding hydrogens is 263 g/mol. The molecule has 2 rings (SSSR count). The smallest absolute Gasteiger partial charge is 0.123 e. The van der Waals surface area contributed by atoms with Gasteiger partial charge in [0.15, 0.2) is 0 Å². The first-order valence-corrected chi connectivity index (χ1v) is 6.60. The molecule has 3 heteroatoms. The Hall–Kier alpha value is -1.38. The molecule has 0 aliphatic rings. The molecule has 0 radical (unpaired) electrons. The van der Waals surface area contributed by atoms with Gasteiger partial charge in [0.2, 0.25) is 0 Å². The highest BCUT2D eigenvalue weighted by molar-refractivity contribution is 6.31. The Kier molecular flexibility index (Phi) is 4.56. The molecule has 0 spiro atoms. The number of aliphatic hydroxyl groups is 1. The van der Waals surface area contributed by atoms with Gasteiger partial charge in [-0.15, -0.1) is 0 Å². The van der Waals surface area contributed by atoms with Gasteiger partial charge in [0.1, 0.15) is 5.82 Å². The Morgan fingerprint density at radius 2 is 1.95 bits per heavy atom. The number of benzene rings is 2. The molecule has 0 aromatic heterocycles. The van der Waals surface area contributed by atoms with Gasteiger partial charge in [0.25, 0.3) is 0 Å². The maximum Gasteiger partial charge on any atom is 0.123 e. The van der Waals surface area contributed by atoms with E-state index in [9.17, 15) is 9.50 Å². The van der Waals surface area contributed by atoms with E-state index in [1.807, 2.05) is 31.2 Å². The van der Waals surface area contributed by atoms with Crippen molar-refractivity contribution in [1.29, 1.82) is 0 Å². The van der Waals surface area contributed by atoms with Crippen LogP contribution in [-0.4, -0.2) is 11.2 Å². The molecule has 0 saturated heterocycles. The van der Waals surface area contributed by atoms with Crippen molar-refractivity contribution in [2.45, 2.75) is 25.9 Å². The largest absolute Gasteiger partial charge is 0.392 e. The summed E-state index contributed by atoms with van der Waals surface area (Å²) in [7, 11) is 0. The van der Waals surface area contributed by atoms with E-state index in [0.717, 1.165) is 16.7 Å². The quantitative estimate of drug-likeness (QED) is 0.898. The summed E-state index contributed by atoms with van der Waals surface area (Å²) >= 11 is 6.13. The van der Waals surface area contributed by atoms with Gasteiger partial charge < -0.3 is 5.11 Å². The van der Waals surface area contributed by atoms with Crippen molar-refractivity contribution in [2.24, 2.45) is 0 Å². The fourth-order valence-corrected chi connectivity index (χ4v) is 2.39. The van der Waals surface area contributed by atoms with Crippen LogP contribution in [0, 0.1) is 12.7 Å². The van der Waals surface area contributed by atoms with Crippen LogP contribution < -0.4 is 0 Å². The van der Waals surface area contributed by atoms with Crippen molar-refractivity contribution >= 4 is 11.6 Å². The molecule has 0 heterocycles. The second-order valence-corrected chi connectivity index (χ2v) is 5.19. The van der Waals surface area contributed by atoms with E-state index < -0.39 is 6.10 Å². The first kappa shape index (κ1) is 14.0. The number of aliphatic hydroxyl groups excluding tert-OH is 1. The molecule has 0 saturated carbocycles. The monoisotopic (exact) mass is 278 g/mol. The molecule has 1 N–H and O–H groups in total. The molecule has 19 heavy (non-hydrogen) atoms. The standard InChI is InChI=1S/C16H16ClFO/c1-11-5-6-13(16(17)7-11)10-15(19)9-12-3-2-4-14(18)8-12/h2-8,15,19H,9-10H2,1H3. The van der Waals surface area contributed by atoms with Crippen LogP contribution in [-0.2, 0) is 12.8 Å². The lowest BCUT2D eigenvalue weighted by Gasteiger charge is -2.12. The first-order valence-electron chi connectivity index (χ1n) is 6.22. The molecule has 100 valence electrons. The van der Waals surface area contributed by atoms with Crippen molar-refractivity contribution in [3.63, 3.8) is 0 Å². The minimum atomic E-state index is -0.568. The predicted octanol–water partition coefficient (Wildman–Crippen LogP) is 3.93. The molecule has 0 amide bonds. The van der Waals surface area contributed by atoms with E-state index in [1.165, 1.54) is 12.1 Å². The van der Waals surface area contributed by atoms with Gasteiger partial charge in [-0.1, -0.05) is 35.9 Å². The average Bonchev–Trinajstić information content (AvgIpc) is 2.33. The van der Waals surface area contributed by atoms with Crippen LogP contribution in [0.3, 0.4) is 0 Å². The molecule has 1 atom stereocenters. The lowest BCUT2D eigenvalue weighted by atomic mass is 10.0. The molecule has 0 fully saturated rings. The lowest BCUT2D eigenvalue weighted by Crippen LogP contribution is -2.14. The molecule has 2 aromatic carbocycles. The highest BCUT2D eigenvalue weighted by Gasteiger charge is 2.10. The Balaban J connectivity index is 2.03. The van der Waals surface area contributed by atoms with Gasteiger partial charge in [-0.25, -0.2) is 4.39 Å². The maximum absolute atomic E-state index is 13.1. The maximum atomic E-state index is 13.1. The fourth-order valence-electron chi connectivity index (χ4n) is 2.08. The van der Waals surface area contributed by atoms with E-state index >= 15 is 0 Å². The summed E-state index contributed by atoms with van der Waals surface area (Å²) in [6.45, 7) is 1.97. The summed E-state index contributed by atoms with van der Waals surface area (Å²) in [6.07, 6.45) is 0.319. The normalized spacial score (nSPS) is 12.4. The Morgan fingerprint density at radius 1 is 1.16 bits per heavy atom. The number of aryl methyl sites for hydroxylation is 1. The Morgan fingerprint density at radius 3 is 2.63 bits per heavy atom. The van der Waals surface area contributed by atoms with Crippen LogP contribution in [0.1, 0.15) is 16.7 Å². The van der Waals surface area contributed by atoms with Crippen molar-refractivity contribution < 1.29 is 9.50 Å². The Labute approximate surface area is 117 Å². The van der Waals surface area contributed by atoms with Crippen LogP contribution in [0.2, 0.25) is 5.02 Å². The second-order valence-electron chi connectivity index (χ2n) is 4.79. The molecule has 0 aliphatic heterocycles. The zero-order chi connectivity index (χ0) is 13.8. The van der Waals surface area contributed by atoms with Crippen molar-refractivity contribution in [1.82, 2.24) is 0 Å². The second kappa shape index (κ2) is 6.18. The third-order valence-corrected chi connectivity index (χ3v) is 3.38. The molecule has 1 nitrogen and oxygen atoms in total. The summed E-state index contributed by atoms with van der Waals surface area (Å²) in [4.78, 5) is 0. The highest BCUT2D eigenvalue weighted by Crippen LogP contribution is 2.20. The SMILES string of the molecule is Cc1ccc(CC(O)Cc2cccc(F)c2)c(Cl)c1. The van der Waals surface area contributed by atoms with E-state index in [0.29, 0.717) is 17.9 Å². The number of halogens is 2. The zero-order valence-electron chi connectivity index (χ0n) is 10.7. The number of hydrogen-bond donors (Lipinski definition) is 1. The zero-order valence-corrected chi connectivity index (χ0v) is 11.5. The topological polar surface area (TPSA) is 20.2 Å². The molecule has 0 bridgehead atoms.